The minimum atomic E-state index is -0.463. The Morgan fingerprint density at radius 3 is 2.80 bits per heavy atom. The lowest BCUT2D eigenvalue weighted by Crippen LogP contribution is -2.43. The lowest BCUT2D eigenvalue weighted by Gasteiger charge is -2.42. The van der Waals surface area contributed by atoms with Gasteiger partial charge in [0.05, 0.1) is 6.10 Å². The van der Waals surface area contributed by atoms with E-state index in [1.165, 1.54) is 5.57 Å². The maximum Gasteiger partial charge on any atom is 0.158 e. The van der Waals surface area contributed by atoms with Gasteiger partial charge in [0.25, 0.3) is 0 Å². The number of rotatable bonds is 1. The summed E-state index contributed by atoms with van der Waals surface area (Å²) in [5, 5.41) is 10.2. The van der Waals surface area contributed by atoms with Crippen LogP contribution in [0.3, 0.4) is 0 Å². The number of hydrogen-bond donors (Lipinski definition) is 1. The highest BCUT2D eigenvalue weighted by molar-refractivity contribution is 5.92. The number of carbonyl (C=O) groups excluding carboxylic acids is 1. The average Bonchev–Trinajstić information content (AvgIpc) is 2.45. The first kappa shape index (κ1) is 10.9. The second-order valence-electron chi connectivity index (χ2n) is 5.42. The summed E-state index contributed by atoms with van der Waals surface area (Å²) >= 11 is 0. The topological polar surface area (TPSA) is 37.3 Å². The summed E-state index contributed by atoms with van der Waals surface area (Å²) in [6.07, 6.45) is 3.80. The van der Waals surface area contributed by atoms with Gasteiger partial charge in [0.2, 0.25) is 0 Å². The van der Waals surface area contributed by atoms with Gasteiger partial charge in [0, 0.05) is 11.8 Å². The number of aliphatic hydroxyl groups excluding tert-OH is 1. The van der Waals surface area contributed by atoms with E-state index < -0.39 is 6.10 Å². The van der Waals surface area contributed by atoms with Gasteiger partial charge in [-0.1, -0.05) is 26.3 Å². The molecule has 0 aliphatic heterocycles. The van der Waals surface area contributed by atoms with E-state index in [4.69, 9.17) is 0 Å². The molecule has 1 N–H and O–H groups in total. The maximum atomic E-state index is 11.5. The third-order valence-electron chi connectivity index (χ3n) is 4.40. The number of aliphatic hydroxyl groups is 1. The molecular formula is C13H20O2. The van der Waals surface area contributed by atoms with E-state index in [0.29, 0.717) is 18.3 Å². The minimum absolute atomic E-state index is 0.0996. The fourth-order valence-electron chi connectivity index (χ4n) is 3.46. The van der Waals surface area contributed by atoms with Gasteiger partial charge in [0.15, 0.2) is 5.78 Å². The van der Waals surface area contributed by atoms with Gasteiger partial charge in [-0.3, -0.25) is 4.79 Å². The molecule has 0 heterocycles. The van der Waals surface area contributed by atoms with Crippen LogP contribution in [0.15, 0.2) is 11.6 Å². The van der Waals surface area contributed by atoms with Crippen LogP contribution < -0.4 is 0 Å². The molecule has 0 radical (unpaired) electrons. The van der Waals surface area contributed by atoms with Crippen molar-refractivity contribution in [1.82, 2.24) is 0 Å². The Kier molecular flexibility index (Phi) is 2.50. The van der Waals surface area contributed by atoms with Crippen molar-refractivity contribution in [3.8, 4) is 0 Å². The van der Waals surface area contributed by atoms with E-state index in [9.17, 15) is 9.90 Å². The summed E-state index contributed by atoms with van der Waals surface area (Å²) in [6.45, 7) is 6.48. The van der Waals surface area contributed by atoms with E-state index in [-0.39, 0.29) is 11.2 Å². The predicted octanol–water partition coefficient (Wildman–Crippen LogP) is 2.32. The van der Waals surface area contributed by atoms with Crippen LogP contribution in [0.1, 0.15) is 40.0 Å². The first-order chi connectivity index (χ1) is 6.98. The van der Waals surface area contributed by atoms with Crippen LogP contribution in [0.5, 0.6) is 0 Å². The number of carbonyl (C=O) groups is 1. The maximum absolute atomic E-state index is 11.5. The fraction of sp³-hybridized carbons (Fsp3) is 0.769. The standard InChI is InChI=1S/C13H20O2/c1-8(2)13-5-4-9(3)11(13)6-10(14)7-12(13)15/h6,8-9,12,15H,4-5,7H2,1-3H3/t9-,12-,13+/m0/s1. The van der Waals surface area contributed by atoms with E-state index in [0.717, 1.165) is 12.8 Å². The van der Waals surface area contributed by atoms with Gasteiger partial charge in [-0.2, -0.15) is 0 Å². The van der Waals surface area contributed by atoms with Crippen molar-refractivity contribution in [3.63, 3.8) is 0 Å². The quantitative estimate of drug-likeness (QED) is 0.718. The smallest absolute Gasteiger partial charge is 0.158 e. The Labute approximate surface area is 91.4 Å². The van der Waals surface area contributed by atoms with Crippen molar-refractivity contribution in [2.45, 2.75) is 46.1 Å². The van der Waals surface area contributed by atoms with Crippen LogP contribution in [0.4, 0.5) is 0 Å². The molecule has 0 bridgehead atoms. The highest BCUT2D eigenvalue weighted by Gasteiger charge is 2.51. The highest BCUT2D eigenvalue weighted by Crippen LogP contribution is 2.55. The van der Waals surface area contributed by atoms with Crippen LogP contribution in [-0.2, 0) is 4.79 Å². The largest absolute Gasteiger partial charge is 0.392 e. The number of ketones is 1. The molecule has 2 nitrogen and oxygen atoms in total. The molecule has 84 valence electrons. The van der Waals surface area contributed by atoms with E-state index in [1.54, 1.807) is 0 Å². The molecule has 0 unspecified atom stereocenters. The summed E-state index contributed by atoms with van der Waals surface area (Å²) in [4.78, 5) is 11.5. The molecule has 0 amide bonds. The second-order valence-corrected chi connectivity index (χ2v) is 5.42. The zero-order valence-electron chi connectivity index (χ0n) is 9.79. The SMILES string of the molecule is CC(C)[C@]12CC[C@H](C)C1=CC(=O)C[C@@H]2O. The van der Waals surface area contributed by atoms with Crippen molar-refractivity contribution < 1.29 is 9.90 Å². The zero-order chi connectivity index (χ0) is 11.2. The van der Waals surface area contributed by atoms with Crippen molar-refractivity contribution in [3.05, 3.63) is 11.6 Å². The van der Waals surface area contributed by atoms with Gasteiger partial charge in [0.1, 0.15) is 0 Å². The van der Waals surface area contributed by atoms with Gasteiger partial charge in [-0.25, -0.2) is 0 Å². The van der Waals surface area contributed by atoms with Crippen LogP contribution in [0, 0.1) is 17.3 Å². The Hall–Kier alpha value is -0.630. The summed E-state index contributed by atoms with van der Waals surface area (Å²) in [7, 11) is 0. The lowest BCUT2D eigenvalue weighted by molar-refractivity contribution is -0.120. The van der Waals surface area contributed by atoms with Gasteiger partial charge >= 0.3 is 0 Å². The summed E-state index contributed by atoms with van der Waals surface area (Å²) in [5.74, 6) is 0.977. The molecule has 2 aliphatic carbocycles. The molecule has 2 heteroatoms. The van der Waals surface area contributed by atoms with Crippen LogP contribution in [0.25, 0.3) is 0 Å². The minimum Gasteiger partial charge on any atom is -0.392 e. The third-order valence-corrected chi connectivity index (χ3v) is 4.40. The molecule has 0 aromatic heterocycles. The van der Waals surface area contributed by atoms with Crippen molar-refractivity contribution in [2.24, 2.45) is 17.3 Å². The normalized spacial score (nSPS) is 40.6. The molecule has 2 aliphatic rings. The van der Waals surface area contributed by atoms with Gasteiger partial charge in [-0.15, -0.1) is 0 Å². The number of allylic oxidation sites excluding steroid dienone is 1. The predicted molar refractivity (Wildman–Crippen MR) is 59.4 cm³/mol. The van der Waals surface area contributed by atoms with Crippen molar-refractivity contribution in [1.29, 1.82) is 0 Å². The molecule has 0 saturated heterocycles. The number of fused-ring (bicyclic) bond motifs is 1. The van der Waals surface area contributed by atoms with E-state index in [2.05, 4.69) is 20.8 Å². The zero-order valence-corrected chi connectivity index (χ0v) is 9.79. The third kappa shape index (κ3) is 1.38. The van der Waals surface area contributed by atoms with Gasteiger partial charge < -0.3 is 5.11 Å². The molecule has 0 aromatic carbocycles. The Balaban J connectivity index is 2.49. The van der Waals surface area contributed by atoms with Crippen molar-refractivity contribution in [2.75, 3.05) is 0 Å². The Morgan fingerprint density at radius 1 is 1.53 bits per heavy atom. The highest BCUT2D eigenvalue weighted by atomic mass is 16.3. The first-order valence-electron chi connectivity index (χ1n) is 5.91. The Bertz CT molecular complexity index is 316. The molecule has 0 spiro atoms. The number of hydrogen-bond acceptors (Lipinski definition) is 2. The Morgan fingerprint density at radius 2 is 2.20 bits per heavy atom. The molecule has 1 fully saturated rings. The molecule has 3 atom stereocenters. The summed E-state index contributed by atoms with van der Waals surface area (Å²) in [5.41, 5.74) is 1.11. The average molecular weight is 208 g/mol. The monoisotopic (exact) mass is 208 g/mol. The summed E-state index contributed by atoms with van der Waals surface area (Å²) < 4.78 is 0. The summed E-state index contributed by atoms with van der Waals surface area (Å²) in [6, 6.07) is 0. The second kappa shape index (κ2) is 3.44. The van der Waals surface area contributed by atoms with Crippen LogP contribution >= 0.6 is 0 Å². The molecular weight excluding hydrogens is 188 g/mol. The molecule has 2 rings (SSSR count). The molecule has 1 saturated carbocycles. The van der Waals surface area contributed by atoms with Crippen LogP contribution in [0.2, 0.25) is 0 Å². The fourth-order valence-corrected chi connectivity index (χ4v) is 3.46. The lowest BCUT2D eigenvalue weighted by atomic mass is 9.64. The molecule has 15 heavy (non-hydrogen) atoms. The first-order valence-corrected chi connectivity index (χ1v) is 5.91. The van der Waals surface area contributed by atoms with E-state index >= 15 is 0 Å². The van der Waals surface area contributed by atoms with Crippen LogP contribution in [-0.4, -0.2) is 17.0 Å². The van der Waals surface area contributed by atoms with Gasteiger partial charge in [-0.05, 0) is 30.8 Å². The van der Waals surface area contributed by atoms with Crippen molar-refractivity contribution >= 4 is 5.78 Å². The molecule has 0 aromatic rings. The van der Waals surface area contributed by atoms with E-state index in [1.807, 2.05) is 6.08 Å².